The van der Waals surface area contributed by atoms with Crippen molar-refractivity contribution in [3.05, 3.63) is 54.5 Å². The number of fused-ring (bicyclic) bond motifs is 1. The van der Waals surface area contributed by atoms with Crippen LogP contribution in [0.3, 0.4) is 0 Å². The highest BCUT2D eigenvalue weighted by molar-refractivity contribution is 6.09. The fraction of sp³-hybridized carbons (Fsp3) is 0.318. The van der Waals surface area contributed by atoms with Gasteiger partial charge < -0.3 is 21.1 Å². The molecule has 1 aromatic carbocycles. The van der Waals surface area contributed by atoms with E-state index in [1.54, 1.807) is 18.3 Å². The molecule has 156 valence electrons. The molecule has 4 rings (SSSR count). The normalized spacial score (nSPS) is 14.5. The van der Waals surface area contributed by atoms with Crippen molar-refractivity contribution < 1.29 is 9.53 Å². The molecule has 1 amide bonds. The Morgan fingerprint density at radius 2 is 1.97 bits per heavy atom. The maximum absolute atomic E-state index is 12.5. The molecule has 3 aromatic rings. The van der Waals surface area contributed by atoms with E-state index in [9.17, 15) is 4.79 Å². The summed E-state index contributed by atoms with van der Waals surface area (Å²) in [6.45, 7) is 5.57. The number of nitrogen functional groups attached to an aromatic ring is 1. The Labute approximate surface area is 175 Å². The van der Waals surface area contributed by atoms with Gasteiger partial charge in [0.05, 0.1) is 36.3 Å². The van der Waals surface area contributed by atoms with Gasteiger partial charge in [-0.1, -0.05) is 12.1 Å². The fourth-order valence-corrected chi connectivity index (χ4v) is 3.51. The van der Waals surface area contributed by atoms with Crippen LogP contribution in [0.25, 0.3) is 10.9 Å². The van der Waals surface area contributed by atoms with Crippen molar-refractivity contribution in [2.45, 2.75) is 6.42 Å². The molecule has 0 unspecified atom stereocenters. The summed E-state index contributed by atoms with van der Waals surface area (Å²) in [4.78, 5) is 23.5. The maximum atomic E-state index is 12.5. The van der Waals surface area contributed by atoms with Crippen LogP contribution in [-0.2, 0) is 4.74 Å². The van der Waals surface area contributed by atoms with Crippen molar-refractivity contribution in [1.82, 2.24) is 14.9 Å². The molecule has 0 bridgehead atoms. The smallest absolute Gasteiger partial charge is 0.274 e. The van der Waals surface area contributed by atoms with Crippen LogP contribution in [-0.4, -0.2) is 60.2 Å². The van der Waals surface area contributed by atoms with Gasteiger partial charge in [-0.2, -0.15) is 0 Å². The Balaban J connectivity index is 1.43. The van der Waals surface area contributed by atoms with Gasteiger partial charge in [0.1, 0.15) is 5.69 Å². The first-order chi connectivity index (χ1) is 14.7. The Morgan fingerprint density at radius 1 is 1.10 bits per heavy atom. The van der Waals surface area contributed by atoms with E-state index < -0.39 is 0 Å². The van der Waals surface area contributed by atoms with E-state index in [1.807, 2.05) is 24.3 Å². The number of amides is 1. The number of morpholine rings is 1. The zero-order chi connectivity index (χ0) is 20.8. The number of carbonyl (C=O) groups is 1. The molecule has 2 aromatic heterocycles. The third kappa shape index (κ3) is 4.84. The average molecular weight is 406 g/mol. The Bertz CT molecular complexity index is 1000. The predicted octanol–water partition coefficient (Wildman–Crippen LogP) is 2.60. The van der Waals surface area contributed by atoms with E-state index in [0.717, 1.165) is 62.4 Å². The summed E-state index contributed by atoms with van der Waals surface area (Å²) >= 11 is 0. The summed E-state index contributed by atoms with van der Waals surface area (Å²) < 4.78 is 5.39. The number of benzene rings is 1. The number of hydrogen-bond donors (Lipinski definition) is 3. The predicted molar refractivity (Wildman–Crippen MR) is 119 cm³/mol. The van der Waals surface area contributed by atoms with Gasteiger partial charge in [-0.15, -0.1) is 0 Å². The SMILES string of the molecule is Nc1ccc(C(=O)Nc2cccc3c(NCCCN4CCOCC4)ccnc23)nc1. The number of aromatic nitrogens is 2. The molecule has 8 nitrogen and oxygen atoms in total. The summed E-state index contributed by atoms with van der Waals surface area (Å²) in [7, 11) is 0. The van der Waals surface area contributed by atoms with Gasteiger partial charge in [0, 0.05) is 36.9 Å². The molecule has 8 heteroatoms. The van der Waals surface area contributed by atoms with Gasteiger partial charge in [0.25, 0.3) is 5.91 Å². The van der Waals surface area contributed by atoms with E-state index in [2.05, 4.69) is 25.5 Å². The summed E-state index contributed by atoms with van der Waals surface area (Å²) in [5.41, 5.74) is 8.85. The monoisotopic (exact) mass is 406 g/mol. The first kappa shape index (κ1) is 20.1. The molecule has 0 radical (unpaired) electrons. The Morgan fingerprint density at radius 3 is 2.77 bits per heavy atom. The van der Waals surface area contributed by atoms with Crippen molar-refractivity contribution in [2.75, 3.05) is 55.8 Å². The molecule has 1 aliphatic rings. The van der Waals surface area contributed by atoms with E-state index in [4.69, 9.17) is 10.5 Å². The van der Waals surface area contributed by atoms with Gasteiger partial charge in [0.15, 0.2) is 0 Å². The zero-order valence-electron chi connectivity index (χ0n) is 16.8. The number of carbonyl (C=O) groups excluding carboxylic acids is 1. The largest absolute Gasteiger partial charge is 0.397 e. The van der Waals surface area contributed by atoms with Gasteiger partial charge in [0.2, 0.25) is 0 Å². The van der Waals surface area contributed by atoms with Crippen LogP contribution in [0.4, 0.5) is 17.1 Å². The second-order valence-corrected chi connectivity index (χ2v) is 7.23. The van der Waals surface area contributed by atoms with E-state index in [0.29, 0.717) is 17.1 Å². The Kier molecular flexibility index (Phi) is 6.36. The maximum Gasteiger partial charge on any atom is 0.274 e. The number of nitrogens with zero attached hydrogens (tertiary/aromatic N) is 3. The van der Waals surface area contributed by atoms with Crippen molar-refractivity contribution in [2.24, 2.45) is 0 Å². The van der Waals surface area contributed by atoms with Crippen molar-refractivity contribution in [1.29, 1.82) is 0 Å². The summed E-state index contributed by atoms with van der Waals surface area (Å²) in [5.74, 6) is -0.298. The number of ether oxygens (including phenoxy) is 1. The van der Waals surface area contributed by atoms with E-state index in [1.165, 1.54) is 6.20 Å². The molecule has 0 spiro atoms. The number of para-hydroxylation sites is 1. The third-order valence-corrected chi connectivity index (χ3v) is 5.11. The molecular weight excluding hydrogens is 380 g/mol. The van der Waals surface area contributed by atoms with Crippen LogP contribution in [0.2, 0.25) is 0 Å². The van der Waals surface area contributed by atoms with Crippen LogP contribution in [0.5, 0.6) is 0 Å². The van der Waals surface area contributed by atoms with E-state index >= 15 is 0 Å². The number of hydrogen-bond acceptors (Lipinski definition) is 7. The lowest BCUT2D eigenvalue weighted by Crippen LogP contribution is -2.37. The molecule has 1 fully saturated rings. The van der Waals surface area contributed by atoms with Gasteiger partial charge in [-0.05, 0) is 37.2 Å². The molecule has 1 aliphatic heterocycles. The fourth-order valence-electron chi connectivity index (χ4n) is 3.51. The molecule has 0 saturated carbocycles. The number of nitrogens with one attached hydrogen (secondary N) is 2. The second-order valence-electron chi connectivity index (χ2n) is 7.23. The highest BCUT2D eigenvalue weighted by atomic mass is 16.5. The van der Waals surface area contributed by atoms with Crippen LogP contribution in [0.15, 0.2) is 48.8 Å². The zero-order valence-corrected chi connectivity index (χ0v) is 16.8. The van der Waals surface area contributed by atoms with Crippen molar-refractivity contribution >= 4 is 33.9 Å². The van der Waals surface area contributed by atoms with Crippen LogP contribution < -0.4 is 16.4 Å². The molecule has 4 N–H and O–H groups in total. The minimum Gasteiger partial charge on any atom is -0.397 e. The Hall–Kier alpha value is -3.23. The topological polar surface area (TPSA) is 105 Å². The second kappa shape index (κ2) is 9.51. The average Bonchev–Trinajstić information content (AvgIpc) is 2.78. The number of pyridine rings is 2. The molecule has 0 aliphatic carbocycles. The van der Waals surface area contributed by atoms with Crippen LogP contribution in [0, 0.1) is 0 Å². The highest BCUT2D eigenvalue weighted by Gasteiger charge is 2.12. The van der Waals surface area contributed by atoms with Crippen LogP contribution >= 0.6 is 0 Å². The molecular formula is C22H26N6O2. The summed E-state index contributed by atoms with van der Waals surface area (Å²) in [6, 6.07) is 11.0. The van der Waals surface area contributed by atoms with Crippen LogP contribution in [0.1, 0.15) is 16.9 Å². The minimum atomic E-state index is -0.298. The van der Waals surface area contributed by atoms with E-state index in [-0.39, 0.29) is 5.91 Å². The van der Waals surface area contributed by atoms with Crippen molar-refractivity contribution in [3.8, 4) is 0 Å². The lowest BCUT2D eigenvalue weighted by molar-refractivity contribution is 0.0378. The first-order valence-corrected chi connectivity index (χ1v) is 10.2. The quantitative estimate of drug-likeness (QED) is 0.518. The lowest BCUT2D eigenvalue weighted by Gasteiger charge is -2.26. The number of nitrogens with two attached hydrogens (primary N) is 1. The van der Waals surface area contributed by atoms with Gasteiger partial charge >= 0.3 is 0 Å². The summed E-state index contributed by atoms with van der Waals surface area (Å²) in [5, 5.41) is 7.38. The minimum absolute atomic E-state index is 0.298. The molecule has 30 heavy (non-hydrogen) atoms. The molecule has 3 heterocycles. The number of anilines is 3. The highest BCUT2D eigenvalue weighted by Crippen LogP contribution is 2.27. The third-order valence-electron chi connectivity index (χ3n) is 5.11. The van der Waals surface area contributed by atoms with Gasteiger partial charge in [-0.3, -0.25) is 14.7 Å². The standard InChI is InChI=1S/C22H26N6O2/c23-16-5-6-20(26-15-16)22(29)27-19-4-1-3-17-18(7-9-25-21(17)19)24-8-2-10-28-11-13-30-14-12-28/h1,3-7,9,15H,2,8,10-14,23H2,(H,24,25)(H,27,29). The number of rotatable bonds is 7. The van der Waals surface area contributed by atoms with Crippen molar-refractivity contribution in [3.63, 3.8) is 0 Å². The first-order valence-electron chi connectivity index (χ1n) is 10.2. The summed E-state index contributed by atoms with van der Waals surface area (Å²) in [6.07, 6.45) is 4.27. The van der Waals surface area contributed by atoms with Gasteiger partial charge in [-0.25, -0.2) is 4.98 Å². The molecule has 0 atom stereocenters. The lowest BCUT2D eigenvalue weighted by atomic mass is 10.1. The molecule has 1 saturated heterocycles.